The molecule has 0 bridgehead atoms. The molecule has 0 fully saturated rings. The van der Waals surface area contributed by atoms with E-state index in [0.29, 0.717) is 5.92 Å². The monoisotopic (exact) mass is 220 g/mol. The van der Waals surface area contributed by atoms with Gasteiger partial charge in [0.2, 0.25) is 0 Å². The number of hydrogen-bond donors (Lipinski definition) is 1. The summed E-state index contributed by atoms with van der Waals surface area (Å²) in [5.74, 6) is -0.412. The van der Waals surface area contributed by atoms with E-state index in [9.17, 15) is 4.79 Å². The topological polar surface area (TPSA) is 37.3 Å². The largest absolute Gasteiger partial charge is 0.478 e. The lowest BCUT2D eigenvalue weighted by atomic mass is 10.0. The first-order valence-corrected chi connectivity index (χ1v) is 5.60. The summed E-state index contributed by atoms with van der Waals surface area (Å²) in [5, 5.41) is 8.43. The van der Waals surface area contributed by atoms with Crippen LogP contribution in [-0.4, -0.2) is 11.1 Å². The van der Waals surface area contributed by atoms with Gasteiger partial charge in [-0.2, -0.15) is 0 Å². The highest BCUT2D eigenvalue weighted by molar-refractivity contribution is 5.85. The van der Waals surface area contributed by atoms with E-state index in [0.717, 1.165) is 11.6 Å². The van der Waals surface area contributed by atoms with Crippen molar-refractivity contribution in [1.82, 2.24) is 0 Å². The molecule has 2 nitrogen and oxygen atoms in total. The van der Waals surface area contributed by atoms with Crippen LogP contribution >= 0.6 is 0 Å². The molecule has 2 heteroatoms. The molecule has 0 aliphatic rings. The summed E-state index contributed by atoms with van der Waals surface area (Å²) < 4.78 is 0. The molecule has 0 heterocycles. The average molecular weight is 220 g/mol. The molecule has 0 amide bonds. The molecule has 1 aromatic carbocycles. The number of carbonyl (C=O) groups is 1. The Hall–Kier alpha value is -1.57. The van der Waals surface area contributed by atoms with Gasteiger partial charge < -0.3 is 5.11 Å². The van der Waals surface area contributed by atoms with Crippen molar-refractivity contribution in [1.29, 1.82) is 0 Å². The summed E-state index contributed by atoms with van der Waals surface area (Å²) in [7, 11) is 0. The predicted octanol–water partition coefficient (Wildman–Crippen LogP) is 3.93. The lowest BCUT2D eigenvalue weighted by molar-refractivity contribution is -0.131. The third-order valence-electron chi connectivity index (χ3n) is 2.02. The van der Waals surface area contributed by atoms with Crippen molar-refractivity contribution in [2.24, 2.45) is 0 Å². The van der Waals surface area contributed by atoms with Crippen LogP contribution in [0.15, 0.2) is 30.3 Å². The van der Waals surface area contributed by atoms with E-state index >= 15 is 0 Å². The van der Waals surface area contributed by atoms with Gasteiger partial charge >= 0.3 is 5.97 Å². The summed E-state index contributed by atoms with van der Waals surface area (Å²) >= 11 is 0. The van der Waals surface area contributed by atoms with Gasteiger partial charge in [-0.05, 0) is 23.1 Å². The number of aliphatic carboxylic acids is 1. The van der Waals surface area contributed by atoms with Crippen LogP contribution in [0.1, 0.15) is 44.7 Å². The molecule has 0 spiro atoms. The fraction of sp³-hybridized carbons (Fsp3) is 0.357. The van der Waals surface area contributed by atoms with Gasteiger partial charge in [0.1, 0.15) is 0 Å². The van der Waals surface area contributed by atoms with Gasteiger partial charge in [0.05, 0.1) is 0 Å². The summed E-state index contributed by atoms with van der Waals surface area (Å²) in [6.45, 7) is 8.25. The maximum Gasteiger partial charge on any atom is 0.328 e. The van der Waals surface area contributed by atoms with E-state index in [1.165, 1.54) is 5.56 Å². The zero-order valence-electron chi connectivity index (χ0n) is 10.4. The molecule has 0 atom stereocenters. The van der Waals surface area contributed by atoms with Crippen molar-refractivity contribution in [3.63, 3.8) is 0 Å². The summed E-state index contributed by atoms with van der Waals surface area (Å²) in [6, 6.07) is 7.89. The normalized spacial score (nSPS) is 10.1. The number of benzene rings is 1. The van der Waals surface area contributed by atoms with Gasteiger partial charge in [-0.3, -0.25) is 0 Å². The Morgan fingerprint density at radius 3 is 2.06 bits per heavy atom. The molecule has 0 unspecified atom stereocenters. The fourth-order valence-electron chi connectivity index (χ4n) is 1.16. The maximum absolute atomic E-state index is 10.3. The number of rotatable bonds is 3. The molecular formula is C14H20O2. The summed E-state index contributed by atoms with van der Waals surface area (Å²) in [5.41, 5.74) is 2.18. The van der Waals surface area contributed by atoms with Gasteiger partial charge in [-0.1, -0.05) is 52.0 Å². The van der Waals surface area contributed by atoms with Crippen molar-refractivity contribution >= 4 is 12.0 Å². The highest BCUT2D eigenvalue weighted by Crippen LogP contribution is 2.15. The van der Waals surface area contributed by atoms with Gasteiger partial charge in [-0.15, -0.1) is 0 Å². The van der Waals surface area contributed by atoms with E-state index < -0.39 is 5.97 Å². The molecule has 0 aromatic heterocycles. The third-order valence-corrected chi connectivity index (χ3v) is 2.02. The van der Waals surface area contributed by atoms with Crippen LogP contribution in [0.4, 0.5) is 0 Å². The van der Waals surface area contributed by atoms with Crippen LogP contribution in [0.2, 0.25) is 0 Å². The first-order chi connectivity index (χ1) is 7.59. The Balaban J connectivity index is 0.00000106. The molecule has 1 aromatic rings. The molecule has 16 heavy (non-hydrogen) atoms. The minimum absolute atomic E-state index is 0.507. The van der Waals surface area contributed by atoms with Crippen LogP contribution in [0.3, 0.4) is 0 Å². The molecule has 88 valence electrons. The van der Waals surface area contributed by atoms with Crippen molar-refractivity contribution in [3.8, 4) is 0 Å². The number of hydrogen-bond acceptors (Lipinski definition) is 1. The average Bonchev–Trinajstić information content (AvgIpc) is 2.29. The van der Waals surface area contributed by atoms with Gasteiger partial charge in [0.15, 0.2) is 0 Å². The molecule has 0 saturated carbocycles. The first-order valence-electron chi connectivity index (χ1n) is 5.60. The SMILES string of the molecule is CC.CC(C)c1ccc(/C=C/C(=O)O)cc1. The number of carboxylic acids is 1. The van der Waals surface area contributed by atoms with E-state index in [1.54, 1.807) is 6.08 Å². The van der Waals surface area contributed by atoms with E-state index in [2.05, 4.69) is 13.8 Å². The summed E-state index contributed by atoms with van der Waals surface area (Å²) in [6.07, 6.45) is 2.73. The zero-order chi connectivity index (χ0) is 12.6. The first kappa shape index (κ1) is 14.4. The molecule has 1 N–H and O–H groups in total. The van der Waals surface area contributed by atoms with Crippen LogP contribution in [0.5, 0.6) is 0 Å². The molecule has 0 aliphatic heterocycles. The number of carboxylic acid groups (broad SMARTS) is 1. The summed E-state index contributed by atoms with van der Waals surface area (Å²) in [4.78, 5) is 10.3. The second-order valence-electron chi connectivity index (χ2n) is 3.49. The van der Waals surface area contributed by atoms with E-state index in [4.69, 9.17) is 5.11 Å². The standard InChI is InChI=1S/C12H14O2.C2H6/c1-9(2)11-6-3-10(4-7-11)5-8-12(13)14;1-2/h3-9H,1-2H3,(H,13,14);1-2H3/b8-5+;. The van der Waals surface area contributed by atoms with E-state index in [-0.39, 0.29) is 0 Å². The maximum atomic E-state index is 10.3. The minimum atomic E-state index is -0.919. The smallest absolute Gasteiger partial charge is 0.328 e. The Morgan fingerprint density at radius 1 is 1.19 bits per heavy atom. The van der Waals surface area contributed by atoms with Crippen LogP contribution < -0.4 is 0 Å². The predicted molar refractivity (Wildman–Crippen MR) is 68.5 cm³/mol. The van der Waals surface area contributed by atoms with Crippen molar-refractivity contribution in [2.75, 3.05) is 0 Å². The Labute approximate surface area is 97.6 Å². The van der Waals surface area contributed by atoms with Crippen LogP contribution in [0, 0.1) is 0 Å². The van der Waals surface area contributed by atoms with Gasteiger partial charge in [-0.25, -0.2) is 4.79 Å². The van der Waals surface area contributed by atoms with Gasteiger partial charge in [0.25, 0.3) is 0 Å². The quantitative estimate of drug-likeness (QED) is 0.783. The minimum Gasteiger partial charge on any atom is -0.478 e. The Morgan fingerprint density at radius 2 is 1.69 bits per heavy atom. The molecule has 0 radical (unpaired) electrons. The third kappa shape index (κ3) is 5.35. The van der Waals surface area contributed by atoms with Crippen LogP contribution in [0.25, 0.3) is 6.08 Å². The highest BCUT2D eigenvalue weighted by atomic mass is 16.4. The van der Waals surface area contributed by atoms with Gasteiger partial charge in [0, 0.05) is 6.08 Å². The Kier molecular flexibility index (Phi) is 6.93. The second-order valence-corrected chi connectivity index (χ2v) is 3.49. The lowest BCUT2D eigenvalue weighted by Gasteiger charge is -2.04. The Bertz CT molecular complexity index is 334. The van der Waals surface area contributed by atoms with Crippen molar-refractivity contribution in [3.05, 3.63) is 41.5 Å². The molecule has 0 aliphatic carbocycles. The molecule has 1 rings (SSSR count). The zero-order valence-corrected chi connectivity index (χ0v) is 10.4. The van der Waals surface area contributed by atoms with Crippen molar-refractivity contribution in [2.45, 2.75) is 33.6 Å². The van der Waals surface area contributed by atoms with Crippen molar-refractivity contribution < 1.29 is 9.90 Å². The second kappa shape index (κ2) is 7.69. The highest BCUT2D eigenvalue weighted by Gasteiger charge is 1.97. The molecule has 0 saturated heterocycles. The van der Waals surface area contributed by atoms with Crippen LogP contribution in [-0.2, 0) is 4.79 Å². The fourth-order valence-corrected chi connectivity index (χ4v) is 1.16. The molecular weight excluding hydrogens is 200 g/mol. The lowest BCUT2D eigenvalue weighted by Crippen LogP contribution is -1.87. The van der Waals surface area contributed by atoms with E-state index in [1.807, 2.05) is 38.1 Å².